The number of rotatable bonds is 5. The number of ether oxygens (including phenoxy) is 1. The van der Waals surface area contributed by atoms with Gasteiger partial charge in [0, 0.05) is 0 Å². The third kappa shape index (κ3) is 3.41. The van der Waals surface area contributed by atoms with Crippen molar-refractivity contribution in [3.63, 3.8) is 0 Å². The normalized spacial score (nSPS) is 11.9. The molecule has 0 heterocycles. The zero-order valence-electron chi connectivity index (χ0n) is 10.2. The summed E-state index contributed by atoms with van der Waals surface area (Å²) in [5, 5.41) is 0. The number of allylic oxidation sites excluding steroid dienone is 1. The number of benzene rings is 1. The van der Waals surface area contributed by atoms with Crippen LogP contribution in [0.5, 0.6) is 0 Å². The fourth-order valence-electron chi connectivity index (χ4n) is 1.63. The maximum atomic E-state index is 13.5. The van der Waals surface area contributed by atoms with Crippen molar-refractivity contribution in [3.8, 4) is 0 Å². The van der Waals surface area contributed by atoms with Gasteiger partial charge in [-0.25, -0.2) is 4.39 Å². The highest BCUT2D eigenvalue weighted by atomic mass is 19.1. The van der Waals surface area contributed by atoms with Crippen LogP contribution in [0.3, 0.4) is 0 Å². The van der Waals surface area contributed by atoms with Gasteiger partial charge in [-0.15, -0.1) is 6.58 Å². The Labute approximate surface area is 101 Å². The topological polar surface area (TPSA) is 26.3 Å². The number of halogens is 1. The van der Waals surface area contributed by atoms with Gasteiger partial charge in [-0.3, -0.25) is 4.79 Å². The number of carbonyl (C=O) groups excluding carboxylic acids is 1. The molecule has 0 saturated heterocycles. The van der Waals surface area contributed by atoms with Crippen molar-refractivity contribution in [2.45, 2.75) is 25.7 Å². The number of aryl methyl sites for hydroxylation is 1. The highest BCUT2D eigenvalue weighted by molar-refractivity contribution is 5.77. The summed E-state index contributed by atoms with van der Waals surface area (Å²) in [6.45, 7) is 5.35. The first-order valence-electron chi connectivity index (χ1n) is 5.57. The van der Waals surface area contributed by atoms with Crippen LogP contribution in [-0.4, -0.2) is 13.1 Å². The molecule has 17 heavy (non-hydrogen) atoms. The van der Waals surface area contributed by atoms with E-state index in [0.717, 1.165) is 5.56 Å². The van der Waals surface area contributed by atoms with Crippen LogP contribution in [0.1, 0.15) is 30.4 Å². The molecule has 1 rings (SSSR count). The number of hydrogen-bond donors (Lipinski definition) is 0. The summed E-state index contributed by atoms with van der Waals surface area (Å²) in [5.74, 6) is -0.929. The van der Waals surface area contributed by atoms with E-state index >= 15 is 0 Å². The van der Waals surface area contributed by atoms with Gasteiger partial charge in [-0.05, 0) is 37.0 Å². The van der Waals surface area contributed by atoms with Crippen molar-refractivity contribution >= 4 is 5.97 Å². The molecule has 0 fully saturated rings. The fraction of sp³-hybridized carbons (Fsp3) is 0.357. The van der Waals surface area contributed by atoms with Gasteiger partial charge in [0.25, 0.3) is 0 Å². The van der Waals surface area contributed by atoms with Crippen molar-refractivity contribution in [1.29, 1.82) is 0 Å². The average molecular weight is 236 g/mol. The molecule has 1 aromatic rings. The fourth-order valence-corrected chi connectivity index (χ4v) is 1.63. The van der Waals surface area contributed by atoms with Crippen molar-refractivity contribution in [2.24, 2.45) is 0 Å². The molecule has 1 atom stereocenters. The molecule has 0 aliphatic rings. The smallest absolute Gasteiger partial charge is 0.312 e. The van der Waals surface area contributed by atoms with E-state index in [1.165, 1.54) is 13.2 Å². The Hall–Kier alpha value is -1.64. The summed E-state index contributed by atoms with van der Waals surface area (Å²) >= 11 is 0. The van der Waals surface area contributed by atoms with Gasteiger partial charge >= 0.3 is 5.97 Å². The maximum Gasteiger partial charge on any atom is 0.312 e. The Bertz CT molecular complexity index is 413. The van der Waals surface area contributed by atoms with Gasteiger partial charge in [0.15, 0.2) is 0 Å². The van der Waals surface area contributed by atoms with Crippen LogP contribution in [0.15, 0.2) is 30.9 Å². The zero-order chi connectivity index (χ0) is 12.8. The Balaban J connectivity index is 2.94. The van der Waals surface area contributed by atoms with Crippen LogP contribution >= 0.6 is 0 Å². The Kier molecular flexibility index (Phi) is 4.88. The monoisotopic (exact) mass is 236 g/mol. The van der Waals surface area contributed by atoms with E-state index in [-0.39, 0.29) is 17.7 Å². The van der Waals surface area contributed by atoms with Gasteiger partial charge in [0.2, 0.25) is 0 Å². The summed E-state index contributed by atoms with van der Waals surface area (Å²) in [7, 11) is 1.35. The van der Waals surface area contributed by atoms with Crippen LogP contribution in [0.25, 0.3) is 0 Å². The first-order chi connectivity index (χ1) is 8.10. The molecule has 0 saturated carbocycles. The summed E-state index contributed by atoms with van der Waals surface area (Å²) in [5.41, 5.74) is 1.38. The highest BCUT2D eigenvalue weighted by Crippen LogP contribution is 2.20. The standard InChI is InChI=1S/C14H17FO2/c1-4-5-6-12-9-11(7-8-13(12)15)10(2)14(16)17-3/h4,7-10H,1,5-6H2,2-3H3. The van der Waals surface area contributed by atoms with Crippen LogP contribution in [0.2, 0.25) is 0 Å². The SMILES string of the molecule is C=CCCc1cc(C(C)C(=O)OC)ccc1F. The molecular formula is C14H17FO2. The predicted molar refractivity (Wildman–Crippen MR) is 65.3 cm³/mol. The molecule has 1 unspecified atom stereocenters. The number of hydrogen-bond acceptors (Lipinski definition) is 2. The summed E-state index contributed by atoms with van der Waals surface area (Å²) < 4.78 is 18.2. The van der Waals surface area contributed by atoms with Crippen molar-refractivity contribution < 1.29 is 13.9 Å². The molecule has 1 aromatic carbocycles. The maximum absolute atomic E-state index is 13.5. The minimum atomic E-state index is -0.372. The molecule has 0 spiro atoms. The lowest BCUT2D eigenvalue weighted by Crippen LogP contribution is -2.11. The summed E-state index contributed by atoms with van der Waals surface area (Å²) in [4.78, 5) is 11.4. The minimum Gasteiger partial charge on any atom is -0.469 e. The van der Waals surface area contributed by atoms with Gasteiger partial charge in [0.05, 0.1) is 13.0 Å². The van der Waals surface area contributed by atoms with Crippen molar-refractivity contribution in [3.05, 3.63) is 47.8 Å². The van der Waals surface area contributed by atoms with E-state index in [0.29, 0.717) is 18.4 Å². The van der Waals surface area contributed by atoms with Crippen LogP contribution in [0, 0.1) is 5.82 Å². The number of methoxy groups -OCH3 is 1. The van der Waals surface area contributed by atoms with Crippen molar-refractivity contribution in [1.82, 2.24) is 0 Å². The third-order valence-electron chi connectivity index (χ3n) is 2.74. The van der Waals surface area contributed by atoms with Crippen LogP contribution in [0.4, 0.5) is 4.39 Å². The predicted octanol–water partition coefficient (Wildman–Crippen LogP) is 3.22. The first-order valence-corrected chi connectivity index (χ1v) is 5.57. The molecule has 92 valence electrons. The molecule has 0 N–H and O–H groups in total. The zero-order valence-corrected chi connectivity index (χ0v) is 10.2. The Morgan fingerprint density at radius 2 is 2.29 bits per heavy atom. The second-order valence-corrected chi connectivity index (χ2v) is 3.92. The van der Waals surface area contributed by atoms with E-state index in [4.69, 9.17) is 0 Å². The molecule has 0 bridgehead atoms. The second kappa shape index (κ2) is 6.18. The molecule has 0 aromatic heterocycles. The average Bonchev–Trinajstić information content (AvgIpc) is 2.36. The molecule has 0 amide bonds. The van der Waals surface area contributed by atoms with E-state index in [1.807, 2.05) is 0 Å². The lowest BCUT2D eigenvalue weighted by atomic mass is 9.97. The number of carbonyl (C=O) groups is 1. The number of esters is 1. The van der Waals surface area contributed by atoms with Gasteiger partial charge in [-0.2, -0.15) is 0 Å². The van der Waals surface area contributed by atoms with E-state index in [2.05, 4.69) is 11.3 Å². The largest absolute Gasteiger partial charge is 0.469 e. The summed E-state index contributed by atoms with van der Waals surface area (Å²) in [6, 6.07) is 4.74. The van der Waals surface area contributed by atoms with Gasteiger partial charge in [-0.1, -0.05) is 18.2 Å². The van der Waals surface area contributed by atoms with E-state index in [9.17, 15) is 9.18 Å². The van der Waals surface area contributed by atoms with Crippen LogP contribution in [-0.2, 0) is 16.0 Å². The van der Waals surface area contributed by atoms with E-state index < -0.39 is 0 Å². The first kappa shape index (κ1) is 13.4. The quantitative estimate of drug-likeness (QED) is 0.579. The molecular weight excluding hydrogens is 219 g/mol. The van der Waals surface area contributed by atoms with Gasteiger partial charge < -0.3 is 4.74 Å². The summed E-state index contributed by atoms with van der Waals surface area (Å²) in [6.07, 6.45) is 3.06. The molecule has 0 aliphatic heterocycles. The lowest BCUT2D eigenvalue weighted by molar-refractivity contribution is -0.141. The Morgan fingerprint density at radius 1 is 1.59 bits per heavy atom. The molecule has 0 aliphatic carbocycles. The van der Waals surface area contributed by atoms with Crippen LogP contribution < -0.4 is 0 Å². The van der Waals surface area contributed by atoms with Crippen molar-refractivity contribution in [2.75, 3.05) is 7.11 Å². The third-order valence-corrected chi connectivity index (χ3v) is 2.74. The molecule has 3 heteroatoms. The van der Waals surface area contributed by atoms with E-state index in [1.54, 1.807) is 25.1 Å². The minimum absolute atomic E-state index is 0.243. The molecule has 0 radical (unpaired) electrons. The highest BCUT2D eigenvalue weighted by Gasteiger charge is 2.16. The second-order valence-electron chi connectivity index (χ2n) is 3.92. The van der Waals surface area contributed by atoms with Gasteiger partial charge in [0.1, 0.15) is 5.82 Å². The molecule has 2 nitrogen and oxygen atoms in total. The lowest BCUT2D eigenvalue weighted by Gasteiger charge is -2.11. The Morgan fingerprint density at radius 3 is 2.88 bits per heavy atom.